The van der Waals surface area contributed by atoms with E-state index in [1.807, 2.05) is 24.3 Å². The number of benzene rings is 1. The first-order valence-electron chi connectivity index (χ1n) is 10.2. The van der Waals surface area contributed by atoms with Gasteiger partial charge in [-0.3, -0.25) is 4.79 Å². The number of fused-ring (bicyclic) bond motifs is 1. The summed E-state index contributed by atoms with van der Waals surface area (Å²) in [6.45, 7) is 6.88. The van der Waals surface area contributed by atoms with Gasteiger partial charge in [0.25, 0.3) is 5.91 Å². The zero-order chi connectivity index (χ0) is 22.2. The molecule has 4 rings (SSSR count). The third-order valence-electron chi connectivity index (χ3n) is 5.70. The molecule has 31 heavy (non-hydrogen) atoms. The quantitative estimate of drug-likeness (QED) is 0.259. The van der Waals surface area contributed by atoms with Crippen molar-refractivity contribution < 1.29 is 9.21 Å². The lowest BCUT2D eigenvalue weighted by molar-refractivity contribution is 0.102. The smallest absolute Gasteiger partial charge is 0.259 e. The van der Waals surface area contributed by atoms with Crippen molar-refractivity contribution in [1.29, 1.82) is 0 Å². The SMILES string of the molecule is CC(C)(C)[C@H]1CCc2c(sc(N=Cc3ccc(I)o3)c2C(=O)Nc2ccc(Cl)cc2)C1. The number of carbonyl (C=O) groups is 1. The zero-order valence-electron chi connectivity index (χ0n) is 17.7. The van der Waals surface area contributed by atoms with E-state index in [2.05, 4.69) is 53.7 Å². The van der Waals surface area contributed by atoms with Crippen molar-refractivity contribution in [2.24, 2.45) is 16.3 Å². The number of hydrogen-bond donors (Lipinski definition) is 1. The lowest BCUT2D eigenvalue weighted by Crippen LogP contribution is -2.27. The first-order valence-corrected chi connectivity index (χ1v) is 12.5. The normalized spacial score (nSPS) is 16.5. The van der Waals surface area contributed by atoms with Crippen LogP contribution in [0.5, 0.6) is 0 Å². The number of furan rings is 1. The van der Waals surface area contributed by atoms with Crippen LogP contribution in [0.3, 0.4) is 0 Å². The number of anilines is 1. The summed E-state index contributed by atoms with van der Waals surface area (Å²) in [4.78, 5) is 19.3. The molecule has 2 heterocycles. The Kier molecular flexibility index (Phi) is 6.60. The number of nitrogens with zero attached hydrogens (tertiary/aromatic N) is 1. The highest BCUT2D eigenvalue weighted by Crippen LogP contribution is 2.45. The Hall–Kier alpha value is -1.64. The van der Waals surface area contributed by atoms with E-state index in [1.165, 1.54) is 4.88 Å². The monoisotopic (exact) mass is 566 g/mol. The standard InChI is InChI=1S/C24H24ClIN2O2S/c1-24(2,3)14-4-10-18-19(12-14)31-23(27-13-17-9-11-20(26)30-17)21(18)22(29)28-16-7-5-15(25)6-8-16/h5-9,11,13-14H,4,10,12H2,1-3H3,(H,28,29)/t14-/m0/s1. The van der Waals surface area contributed by atoms with Gasteiger partial charge >= 0.3 is 0 Å². The molecule has 0 bridgehead atoms. The second-order valence-corrected chi connectivity index (χ2v) is 11.4. The third kappa shape index (κ3) is 5.23. The first-order chi connectivity index (χ1) is 14.7. The van der Waals surface area contributed by atoms with E-state index >= 15 is 0 Å². The molecular weight excluding hydrogens is 543 g/mol. The summed E-state index contributed by atoms with van der Waals surface area (Å²) in [7, 11) is 0. The molecule has 1 aromatic carbocycles. The maximum atomic E-state index is 13.3. The molecule has 1 aliphatic rings. The summed E-state index contributed by atoms with van der Waals surface area (Å²) in [6.07, 6.45) is 4.65. The van der Waals surface area contributed by atoms with Crippen LogP contribution in [-0.4, -0.2) is 12.1 Å². The van der Waals surface area contributed by atoms with Gasteiger partial charge in [0.15, 0.2) is 3.77 Å². The molecule has 0 saturated heterocycles. The molecule has 0 spiro atoms. The summed E-state index contributed by atoms with van der Waals surface area (Å²) in [5, 5.41) is 4.39. The van der Waals surface area contributed by atoms with Crippen LogP contribution in [0.15, 0.2) is 45.8 Å². The van der Waals surface area contributed by atoms with Crippen molar-refractivity contribution in [2.45, 2.75) is 40.0 Å². The summed E-state index contributed by atoms with van der Waals surface area (Å²) >= 11 is 9.73. The van der Waals surface area contributed by atoms with Crippen LogP contribution >= 0.6 is 45.5 Å². The maximum Gasteiger partial charge on any atom is 0.259 e. The number of rotatable bonds is 4. The Morgan fingerprint density at radius 2 is 2.00 bits per heavy atom. The van der Waals surface area contributed by atoms with Crippen molar-refractivity contribution in [3.8, 4) is 0 Å². The predicted octanol–water partition coefficient (Wildman–Crippen LogP) is 7.75. The maximum absolute atomic E-state index is 13.3. The van der Waals surface area contributed by atoms with E-state index in [-0.39, 0.29) is 11.3 Å². The molecule has 1 N–H and O–H groups in total. The van der Waals surface area contributed by atoms with E-state index < -0.39 is 0 Å². The molecular formula is C24H24ClIN2O2S. The van der Waals surface area contributed by atoms with Crippen molar-refractivity contribution >= 4 is 68.3 Å². The first kappa shape index (κ1) is 22.6. The fourth-order valence-corrected chi connectivity index (χ4v) is 5.71. The van der Waals surface area contributed by atoms with Crippen LogP contribution < -0.4 is 5.32 Å². The molecule has 7 heteroatoms. The topological polar surface area (TPSA) is 54.6 Å². The fourth-order valence-electron chi connectivity index (χ4n) is 3.88. The molecule has 2 aromatic heterocycles. The van der Waals surface area contributed by atoms with Gasteiger partial charge in [-0.1, -0.05) is 32.4 Å². The van der Waals surface area contributed by atoms with Crippen LogP contribution in [0.4, 0.5) is 10.7 Å². The van der Waals surface area contributed by atoms with E-state index in [0.29, 0.717) is 28.0 Å². The molecule has 1 amide bonds. The van der Waals surface area contributed by atoms with Crippen molar-refractivity contribution in [3.05, 3.63) is 67.0 Å². The number of hydrogen-bond acceptors (Lipinski definition) is 4. The van der Waals surface area contributed by atoms with E-state index in [0.717, 1.165) is 33.6 Å². The molecule has 0 saturated carbocycles. The molecule has 0 unspecified atom stereocenters. The number of carbonyl (C=O) groups excluding carboxylic acids is 1. The van der Waals surface area contributed by atoms with Crippen LogP contribution in [0, 0.1) is 15.1 Å². The van der Waals surface area contributed by atoms with Gasteiger partial charge in [0.05, 0.1) is 11.8 Å². The highest BCUT2D eigenvalue weighted by Gasteiger charge is 2.33. The van der Waals surface area contributed by atoms with Gasteiger partial charge in [-0.25, -0.2) is 4.99 Å². The van der Waals surface area contributed by atoms with Gasteiger partial charge in [0.2, 0.25) is 0 Å². The van der Waals surface area contributed by atoms with E-state index in [4.69, 9.17) is 16.0 Å². The minimum Gasteiger partial charge on any atom is -0.449 e. The Morgan fingerprint density at radius 3 is 2.65 bits per heavy atom. The third-order valence-corrected chi connectivity index (χ3v) is 7.70. The Labute approximate surface area is 205 Å². The van der Waals surface area contributed by atoms with E-state index in [1.54, 1.807) is 29.7 Å². The van der Waals surface area contributed by atoms with Crippen molar-refractivity contribution in [1.82, 2.24) is 0 Å². The Balaban J connectivity index is 1.69. The van der Waals surface area contributed by atoms with Crippen LogP contribution in [0.2, 0.25) is 5.02 Å². The van der Waals surface area contributed by atoms with Gasteiger partial charge < -0.3 is 9.73 Å². The average Bonchev–Trinajstić information content (AvgIpc) is 3.29. The van der Waals surface area contributed by atoms with Crippen LogP contribution in [-0.2, 0) is 12.8 Å². The second-order valence-electron chi connectivity index (χ2n) is 8.85. The lowest BCUT2D eigenvalue weighted by atomic mass is 9.72. The minimum atomic E-state index is -0.129. The number of amides is 1. The molecule has 162 valence electrons. The van der Waals surface area contributed by atoms with Crippen molar-refractivity contribution in [2.75, 3.05) is 5.32 Å². The summed E-state index contributed by atoms with van der Waals surface area (Å²) in [6, 6.07) is 10.9. The predicted molar refractivity (Wildman–Crippen MR) is 137 cm³/mol. The van der Waals surface area contributed by atoms with Gasteiger partial charge in [-0.05, 0) is 95.1 Å². The number of halogens is 2. The largest absolute Gasteiger partial charge is 0.449 e. The van der Waals surface area contributed by atoms with Gasteiger partial charge in [-0.2, -0.15) is 0 Å². The van der Waals surface area contributed by atoms with Gasteiger partial charge in [0.1, 0.15) is 10.8 Å². The zero-order valence-corrected chi connectivity index (χ0v) is 21.4. The van der Waals surface area contributed by atoms with Gasteiger partial charge in [0, 0.05) is 15.6 Å². The van der Waals surface area contributed by atoms with E-state index in [9.17, 15) is 4.79 Å². The number of nitrogens with one attached hydrogen (secondary N) is 1. The number of thiophene rings is 1. The summed E-state index contributed by atoms with van der Waals surface area (Å²) in [5.74, 6) is 1.14. The molecule has 1 aliphatic carbocycles. The minimum absolute atomic E-state index is 0.129. The Bertz CT molecular complexity index is 1130. The highest BCUT2D eigenvalue weighted by atomic mass is 127. The highest BCUT2D eigenvalue weighted by molar-refractivity contribution is 14.1. The summed E-state index contributed by atoms with van der Waals surface area (Å²) < 4.78 is 6.41. The molecule has 3 aromatic rings. The second kappa shape index (κ2) is 9.08. The molecule has 0 radical (unpaired) electrons. The Morgan fingerprint density at radius 1 is 1.26 bits per heavy atom. The fraction of sp³-hybridized carbons (Fsp3) is 0.333. The molecule has 0 fully saturated rings. The van der Waals surface area contributed by atoms with Crippen LogP contribution in [0.25, 0.3) is 0 Å². The molecule has 4 nitrogen and oxygen atoms in total. The van der Waals surface area contributed by atoms with Crippen LogP contribution in [0.1, 0.15) is 53.8 Å². The van der Waals surface area contributed by atoms with Gasteiger partial charge in [-0.15, -0.1) is 11.3 Å². The average molecular weight is 567 g/mol. The lowest BCUT2D eigenvalue weighted by Gasteiger charge is -2.33. The molecule has 1 atom stereocenters. The summed E-state index contributed by atoms with van der Waals surface area (Å²) in [5.41, 5.74) is 2.77. The number of aliphatic imine (C=N–C) groups is 1. The molecule has 0 aliphatic heterocycles. The van der Waals surface area contributed by atoms with Crippen molar-refractivity contribution in [3.63, 3.8) is 0 Å².